The topological polar surface area (TPSA) is 36.1 Å². The minimum absolute atomic E-state index is 0.138. The number of rotatable bonds is 5. The summed E-state index contributed by atoms with van der Waals surface area (Å²) >= 11 is 0. The number of allylic oxidation sites excluding steroid dienone is 1. The van der Waals surface area contributed by atoms with E-state index in [1.165, 1.54) is 36.1 Å². The van der Waals surface area contributed by atoms with Crippen LogP contribution in [0.5, 0.6) is 0 Å². The number of ketones is 1. The molecule has 0 amide bonds. The number of halogens is 5. The molecule has 1 N–H and O–H groups in total. The molecule has 1 aliphatic rings. The zero-order valence-electron chi connectivity index (χ0n) is 18.4. The summed E-state index contributed by atoms with van der Waals surface area (Å²) in [7, 11) is 0. The van der Waals surface area contributed by atoms with E-state index in [9.17, 15) is 18.0 Å². The van der Waals surface area contributed by atoms with Gasteiger partial charge in [0, 0.05) is 35.1 Å². The van der Waals surface area contributed by atoms with Gasteiger partial charge >= 0.3 is 0 Å². The highest BCUT2D eigenvalue weighted by Crippen LogP contribution is 2.43. The molecule has 1 aromatic heterocycles. The van der Waals surface area contributed by atoms with Gasteiger partial charge in [-0.3, -0.25) is 9.69 Å². The summed E-state index contributed by atoms with van der Waals surface area (Å²) in [5.74, 6) is -5.72. The molecule has 2 unspecified atom stereocenters. The zero-order chi connectivity index (χ0) is 24.1. The second-order valence-corrected chi connectivity index (χ2v) is 8.75. The summed E-state index contributed by atoms with van der Waals surface area (Å²) in [5, 5.41) is 0.688. The first kappa shape index (κ1) is 23.2. The Bertz CT molecular complexity index is 1230. The highest BCUT2D eigenvalue weighted by Gasteiger charge is 2.42. The third kappa shape index (κ3) is 4.57. The molecule has 3 nitrogen and oxygen atoms in total. The number of aromatic amines is 1. The third-order valence-corrected chi connectivity index (χ3v) is 5.92. The summed E-state index contributed by atoms with van der Waals surface area (Å²) in [4.78, 5) is 15.6. The standard InChI is InChI=1S/C25H23F5N2O/c1-13-8-18-17-7-6-16(26)11-21(17)31-23(18)24(32(13)12-25(3,29)30)22-19(27)9-15(10-20(22)28)5-4-14(2)33/h4-7,9-11,13,24,31H,8,12H2,1-3H3/b5-4+. The van der Waals surface area contributed by atoms with Crippen LogP contribution in [0.2, 0.25) is 0 Å². The molecule has 4 rings (SSSR count). The summed E-state index contributed by atoms with van der Waals surface area (Å²) in [6.45, 7) is 3.08. The second kappa shape index (κ2) is 8.41. The molecule has 174 valence electrons. The van der Waals surface area contributed by atoms with E-state index in [1.807, 2.05) is 0 Å². The molecule has 0 saturated carbocycles. The first-order valence-corrected chi connectivity index (χ1v) is 10.6. The van der Waals surface area contributed by atoms with E-state index < -0.39 is 42.0 Å². The van der Waals surface area contributed by atoms with Crippen LogP contribution in [-0.4, -0.2) is 34.2 Å². The van der Waals surface area contributed by atoms with Crippen LogP contribution in [0.15, 0.2) is 36.4 Å². The van der Waals surface area contributed by atoms with Gasteiger partial charge in [0.2, 0.25) is 0 Å². The van der Waals surface area contributed by atoms with Crippen molar-refractivity contribution in [3.05, 3.63) is 76.2 Å². The van der Waals surface area contributed by atoms with Gasteiger partial charge < -0.3 is 4.98 Å². The van der Waals surface area contributed by atoms with E-state index >= 15 is 8.78 Å². The fourth-order valence-electron chi connectivity index (χ4n) is 4.59. The van der Waals surface area contributed by atoms with E-state index in [1.54, 1.807) is 13.0 Å². The highest BCUT2D eigenvalue weighted by molar-refractivity contribution is 5.91. The van der Waals surface area contributed by atoms with Gasteiger partial charge in [-0.05, 0) is 67.8 Å². The van der Waals surface area contributed by atoms with Crippen LogP contribution in [0.4, 0.5) is 22.0 Å². The van der Waals surface area contributed by atoms with E-state index in [0.29, 0.717) is 23.0 Å². The molecule has 0 spiro atoms. The van der Waals surface area contributed by atoms with E-state index in [0.717, 1.165) is 24.6 Å². The molecule has 2 heterocycles. The van der Waals surface area contributed by atoms with Gasteiger partial charge in [-0.15, -0.1) is 0 Å². The molecule has 0 aliphatic carbocycles. The Labute approximate surface area is 187 Å². The minimum atomic E-state index is -3.11. The molecule has 3 aromatic rings. The Hall–Kier alpha value is -3.00. The van der Waals surface area contributed by atoms with Crippen LogP contribution in [0.25, 0.3) is 17.0 Å². The number of hydrogen-bond donors (Lipinski definition) is 1. The van der Waals surface area contributed by atoms with Gasteiger partial charge in [-0.25, -0.2) is 22.0 Å². The predicted octanol–water partition coefficient (Wildman–Crippen LogP) is 6.18. The maximum Gasteiger partial charge on any atom is 0.257 e. The smallest absolute Gasteiger partial charge is 0.257 e. The SMILES string of the molecule is CC(=O)/C=C/c1cc(F)c(C2c3[nH]c4cc(F)ccc4c3CC(C)N2CC(C)(F)F)c(F)c1. The van der Waals surface area contributed by atoms with Gasteiger partial charge in [-0.1, -0.05) is 6.08 Å². The molecule has 2 atom stereocenters. The fourth-order valence-corrected chi connectivity index (χ4v) is 4.59. The van der Waals surface area contributed by atoms with Gasteiger partial charge in [0.1, 0.15) is 17.5 Å². The van der Waals surface area contributed by atoms with Crippen LogP contribution in [-0.2, 0) is 11.2 Å². The van der Waals surface area contributed by atoms with Gasteiger partial charge in [0.15, 0.2) is 5.78 Å². The number of benzene rings is 2. The number of hydrogen-bond acceptors (Lipinski definition) is 2. The van der Waals surface area contributed by atoms with Crippen molar-refractivity contribution in [1.29, 1.82) is 0 Å². The zero-order valence-corrected chi connectivity index (χ0v) is 18.4. The molecule has 0 fully saturated rings. The maximum atomic E-state index is 15.3. The summed E-state index contributed by atoms with van der Waals surface area (Å²) in [5.41, 5.74) is 1.28. The van der Waals surface area contributed by atoms with Gasteiger partial charge in [-0.2, -0.15) is 0 Å². The van der Waals surface area contributed by atoms with Crippen molar-refractivity contribution in [2.45, 2.75) is 45.2 Å². The number of carbonyl (C=O) groups is 1. The lowest BCUT2D eigenvalue weighted by molar-refractivity contribution is -0.112. The maximum absolute atomic E-state index is 15.3. The van der Waals surface area contributed by atoms with E-state index in [-0.39, 0.29) is 16.9 Å². The molecule has 8 heteroatoms. The van der Waals surface area contributed by atoms with Crippen LogP contribution in [0.3, 0.4) is 0 Å². The Balaban J connectivity index is 1.93. The van der Waals surface area contributed by atoms with Gasteiger partial charge in [0.05, 0.1) is 12.6 Å². The molecule has 33 heavy (non-hydrogen) atoms. The number of fused-ring (bicyclic) bond motifs is 3. The number of alkyl halides is 2. The molecule has 1 aliphatic heterocycles. The predicted molar refractivity (Wildman–Crippen MR) is 117 cm³/mol. The first-order valence-electron chi connectivity index (χ1n) is 10.6. The molecule has 0 saturated heterocycles. The van der Waals surface area contributed by atoms with Crippen LogP contribution in [0.1, 0.15) is 49.2 Å². The van der Waals surface area contributed by atoms with Gasteiger partial charge in [0.25, 0.3) is 5.92 Å². The highest BCUT2D eigenvalue weighted by atomic mass is 19.3. The van der Waals surface area contributed by atoms with Crippen LogP contribution >= 0.6 is 0 Å². The van der Waals surface area contributed by atoms with E-state index in [2.05, 4.69) is 4.98 Å². The monoisotopic (exact) mass is 462 g/mol. The van der Waals surface area contributed by atoms with Crippen molar-refractivity contribution in [2.75, 3.05) is 6.54 Å². The number of carbonyl (C=O) groups excluding carboxylic acids is 1. The third-order valence-electron chi connectivity index (χ3n) is 5.92. The van der Waals surface area contributed by atoms with Crippen molar-refractivity contribution >= 4 is 22.8 Å². The molecule has 2 aromatic carbocycles. The first-order chi connectivity index (χ1) is 15.4. The summed E-state index contributed by atoms with van der Waals surface area (Å²) in [6, 6.07) is 4.65. The van der Waals surface area contributed by atoms with Crippen LogP contribution < -0.4 is 0 Å². The quantitative estimate of drug-likeness (QED) is 0.363. The molecule has 0 radical (unpaired) electrons. The fraction of sp³-hybridized carbons (Fsp3) is 0.320. The largest absolute Gasteiger partial charge is 0.356 e. The lowest BCUT2D eigenvalue weighted by Crippen LogP contribution is -2.47. The van der Waals surface area contributed by atoms with E-state index in [4.69, 9.17) is 0 Å². The molecular formula is C25H23F5N2O. The lowest BCUT2D eigenvalue weighted by Gasteiger charge is -2.42. The average Bonchev–Trinajstić information content (AvgIpc) is 3.04. The van der Waals surface area contributed by atoms with Crippen molar-refractivity contribution in [1.82, 2.24) is 9.88 Å². The van der Waals surface area contributed by atoms with Crippen LogP contribution in [0, 0.1) is 17.5 Å². The lowest BCUT2D eigenvalue weighted by atomic mass is 9.87. The Morgan fingerprint density at radius 3 is 2.45 bits per heavy atom. The van der Waals surface area contributed by atoms with Crippen molar-refractivity contribution in [2.24, 2.45) is 0 Å². The Kier molecular flexibility index (Phi) is 5.90. The van der Waals surface area contributed by atoms with Crippen molar-refractivity contribution in [3.63, 3.8) is 0 Å². The average molecular weight is 462 g/mol. The number of H-pyrrole nitrogens is 1. The summed E-state index contributed by atoms with van der Waals surface area (Å²) < 4.78 is 72.7. The molecular weight excluding hydrogens is 439 g/mol. The summed E-state index contributed by atoms with van der Waals surface area (Å²) in [6.07, 6.45) is 2.83. The number of nitrogens with zero attached hydrogens (tertiary/aromatic N) is 1. The Morgan fingerprint density at radius 2 is 1.85 bits per heavy atom. The van der Waals surface area contributed by atoms with Crippen molar-refractivity contribution in [3.8, 4) is 0 Å². The normalized spacial score (nSPS) is 19.4. The number of aromatic nitrogens is 1. The van der Waals surface area contributed by atoms with Crippen molar-refractivity contribution < 1.29 is 26.7 Å². The second-order valence-electron chi connectivity index (χ2n) is 8.75. The number of nitrogens with one attached hydrogen (secondary N) is 1. The minimum Gasteiger partial charge on any atom is -0.356 e. The Morgan fingerprint density at radius 1 is 1.18 bits per heavy atom. The molecule has 0 bridgehead atoms.